The molecule has 1 heterocycles. The largest absolute Gasteiger partial charge is 0.478 e. The number of hydrogen-bond donors (Lipinski definition) is 1. The molecule has 26 heavy (non-hydrogen) atoms. The maximum Gasteiger partial charge on any atom is 0.335 e. The number of halogens is 1. The predicted octanol–water partition coefficient (Wildman–Crippen LogP) is 4.09. The smallest absolute Gasteiger partial charge is 0.335 e. The van der Waals surface area contributed by atoms with E-state index < -0.39 is 5.97 Å². The van der Waals surface area contributed by atoms with E-state index in [2.05, 4.69) is 17.9 Å². The standard InChI is InChI=1S/C20H19ClN2O3/c1-13-19(26-12-14-2-4-15(5-3-14)20(24)25)8-9-23(13)17-7-6-16(11-22)18(21)10-17/h2-7,10,13,19H,8-9,12H2,1H3,(H,24,25)/t13-,19-/m0/s1. The Bertz CT molecular complexity index is 845. The van der Waals surface area contributed by atoms with Crippen molar-refractivity contribution in [1.82, 2.24) is 0 Å². The van der Waals surface area contributed by atoms with E-state index in [4.69, 9.17) is 26.7 Å². The molecule has 1 aliphatic heterocycles. The number of carboxylic acid groups (broad SMARTS) is 1. The van der Waals surface area contributed by atoms with Gasteiger partial charge in [-0.2, -0.15) is 5.26 Å². The molecule has 0 aromatic heterocycles. The van der Waals surface area contributed by atoms with E-state index in [0.717, 1.165) is 24.2 Å². The molecule has 5 nitrogen and oxygen atoms in total. The monoisotopic (exact) mass is 370 g/mol. The molecule has 134 valence electrons. The van der Waals surface area contributed by atoms with E-state index in [0.29, 0.717) is 17.2 Å². The summed E-state index contributed by atoms with van der Waals surface area (Å²) in [6, 6.07) is 14.5. The SMILES string of the molecule is C[C@H]1[C@@H](OCc2ccc(C(=O)O)cc2)CCN1c1ccc(C#N)c(Cl)c1. The van der Waals surface area contributed by atoms with Gasteiger partial charge in [0.1, 0.15) is 6.07 Å². The van der Waals surface area contributed by atoms with Crippen LogP contribution in [0.5, 0.6) is 0 Å². The fourth-order valence-corrected chi connectivity index (χ4v) is 3.44. The molecule has 2 aromatic rings. The van der Waals surface area contributed by atoms with Gasteiger partial charge in [0.15, 0.2) is 0 Å². The summed E-state index contributed by atoms with van der Waals surface area (Å²) in [5.74, 6) is -0.932. The van der Waals surface area contributed by atoms with Crippen molar-refractivity contribution in [3.05, 3.63) is 64.2 Å². The molecule has 2 atom stereocenters. The van der Waals surface area contributed by atoms with Crippen LogP contribution in [0.3, 0.4) is 0 Å². The number of ether oxygens (including phenoxy) is 1. The van der Waals surface area contributed by atoms with Crippen molar-refractivity contribution in [1.29, 1.82) is 5.26 Å². The fourth-order valence-electron chi connectivity index (χ4n) is 3.22. The van der Waals surface area contributed by atoms with E-state index in [1.54, 1.807) is 30.3 Å². The minimum absolute atomic E-state index is 0.0727. The molecule has 1 saturated heterocycles. The van der Waals surface area contributed by atoms with Crippen molar-refractivity contribution in [2.75, 3.05) is 11.4 Å². The quantitative estimate of drug-likeness (QED) is 0.857. The second kappa shape index (κ2) is 7.77. The van der Waals surface area contributed by atoms with Crippen LogP contribution < -0.4 is 4.90 Å². The number of carbonyl (C=O) groups is 1. The number of aromatic carboxylic acids is 1. The van der Waals surface area contributed by atoms with Gasteiger partial charge in [-0.05, 0) is 49.2 Å². The van der Waals surface area contributed by atoms with Crippen LogP contribution in [0.25, 0.3) is 0 Å². The van der Waals surface area contributed by atoms with E-state index in [1.165, 1.54) is 0 Å². The minimum atomic E-state index is -0.932. The predicted molar refractivity (Wildman–Crippen MR) is 99.6 cm³/mol. The summed E-state index contributed by atoms with van der Waals surface area (Å²) in [4.78, 5) is 13.1. The highest BCUT2D eigenvalue weighted by Gasteiger charge is 2.31. The van der Waals surface area contributed by atoms with Crippen LogP contribution in [-0.2, 0) is 11.3 Å². The number of anilines is 1. The van der Waals surface area contributed by atoms with Crippen molar-refractivity contribution < 1.29 is 14.6 Å². The van der Waals surface area contributed by atoms with Gasteiger partial charge in [-0.1, -0.05) is 23.7 Å². The molecule has 0 bridgehead atoms. The van der Waals surface area contributed by atoms with Gasteiger partial charge in [0.2, 0.25) is 0 Å². The molecular formula is C20H19ClN2O3. The number of rotatable bonds is 5. The normalized spacial score (nSPS) is 19.3. The average molecular weight is 371 g/mol. The lowest BCUT2D eigenvalue weighted by atomic mass is 10.1. The van der Waals surface area contributed by atoms with Gasteiger partial charge in [-0.3, -0.25) is 0 Å². The highest BCUT2D eigenvalue weighted by Crippen LogP contribution is 2.30. The number of nitriles is 1. The van der Waals surface area contributed by atoms with Crippen LogP contribution in [-0.4, -0.2) is 29.8 Å². The Morgan fingerprint density at radius 3 is 2.69 bits per heavy atom. The Labute approximate surface area is 157 Å². The molecule has 1 aliphatic rings. The van der Waals surface area contributed by atoms with Crippen molar-refractivity contribution in [2.24, 2.45) is 0 Å². The highest BCUT2D eigenvalue weighted by atomic mass is 35.5. The summed E-state index contributed by atoms with van der Waals surface area (Å²) in [5, 5.41) is 18.4. The van der Waals surface area contributed by atoms with E-state index >= 15 is 0 Å². The Morgan fingerprint density at radius 1 is 1.35 bits per heavy atom. The molecule has 2 aromatic carbocycles. The number of carboxylic acids is 1. The second-order valence-corrected chi connectivity index (χ2v) is 6.76. The summed E-state index contributed by atoms with van der Waals surface area (Å²) in [5.41, 5.74) is 2.67. The molecule has 0 spiro atoms. The van der Waals surface area contributed by atoms with Gasteiger partial charge >= 0.3 is 5.97 Å². The van der Waals surface area contributed by atoms with Crippen LogP contribution >= 0.6 is 11.6 Å². The molecule has 0 unspecified atom stereocenters. The molecule has 1 N–H and O–H groups in total. The van der Waals surface area contributed by atoms with Crippen LogP contribution in [0, 0.1) is 11.3 Å². The first-order chi connectivity index (χ1) is 12.5. The van der Waals surface area contributed by atoms with Crippen LogP contribution in [0.15, 0.2) is 42.5 Å². The van der Waals surface area contributed by atoms with E-state index in [9.17, 15) is 4.79 Å². The van der Waals surface area contributed by atoms with E-state index in [1.807, 2.05) is 12.1 Å². The first-order valence-corrected chi connectivity index (χ1v) is 8.77. The minimum Gasteiger partial charge on any atom is -0.478 e. The third-order valence-corrected chi connectivity index (χ3v) is 5.07. The Morgan fingerprint density at radius 2 is 2.08 bits per heavy atom. The highest BCUT2D eigenvalue weighted by molar-refractivity contribution is 6.32. The molecule has 1 fully saturated rings. The van der Waals surface area contributed by atoms with Crippen molar-refractivity contribution >= 4 is 23.3 Å². The third kappa shape index (κ3) is 3.82. The summed E-state index contributed by atoms with van der Waals surface area (Å²) in [6.45, 7) is 3.40. The maximum absolute atomic E-state index is 10.9. The fraction of sp³-hybridized carbons (Fsp3) is 0.300. The van der Waals surface area contributed by atoms with Crippen LogP contribution in [0.1, 0.15) is 34.8 Å². The molecular weight excluding hydrogens is 352 g/mol. The molecule has 0 radical (unpaired) electrons. The topological polar surface area (TPSA) is 73.6 Å². The molecule has 6 heteroatoms. The van der Waals surface area contributed by atoms with Gasteiger partial charge in [0.05, 0.1) is 34.9 Å². The zero-order valence-corrected chi connectivity index (χ0v) is 15.1. The summed E-state index contributed by atoms with van der Waals surface area (Å²) in [7, 11) is 0. The first-order valence-electron chi connectivity index (χ1n) is 8.39. The number of hydrogen-bond acceptors (Lipinski definition) is 4. The number of benzene rings is 2. The molecule has 3 rings (SSSR count). The van der Waals surface area contributed by atoms with Crippen LogP contribution in [0.2, 0.25) is 5.02 Å². The Hall–Kier alpha value is -2.55. The average Bonchev–Trinajstić information content (AvgIpc) is 3.01. The van der Waals surface area contributed by atoms with Gasteiger partial charge in [0, 0.05) is 12.2 Å². The van der Waals surface area contributed by atoms with Crippen molar-refractivity contribution in [3.63, 3.8) is 0 Å². The zero-order chi connectivity index (χ0) is 18.7. The summed E-state index contributed by atoms with van der Waals surface area (Å²) in [6.07, 6.45) is 0.968. The molecule has 0 saturated carbocycles. The molecule has 0 aliphatic carbocycles. The lowest BCUT2D eigenvalue weighted by Crippen LogP contribution is -2.33. The van der Waals surface area contributed by atoms with Gasteiger partial charge in [-0.25, -0.2) is 4.79 Å². The van der Waals surface area contributed by atoms with Gasteiger partial charge in [-0.15, -0.1) is 0 Å². The number of nitrogens with zero attached hydrogens (tertiary/aromatic N) is 2. The first kappa shape index (κ1) is 18.2. The summed E-state index contributed by atoms with van der Waals surface area (Å²) < 4.78 is 6.05. The lowest BCUT2D eigenvalue weighted by Gasteiger charge is -2.27. The van der Waals surface area contributed by atoms with Crippen molar-refractivity contribution in [2.45, 2.75) is 32.1 Å². The Balaban J connectivity index is 1.62. The Kier molecular flexibility index (Phi) is 5.46. The second-order valence-electron chi connectivity index (χ2n) is 6.35. The van der Waals surface area contributed by atoms with Crippen molar-refractivity contribution in [3.8, 4) is 6.07 Å². The van der Waals surface area contributed by atoms with Gasteiger partial charge < -0.3 is 14.7 Å². The van der Waals surface area contributed by atoms with E-state index in [-0.39, 0.29) is 17.7 Å². The summed E-state index contributed by atoms with van der Waals surface area (Å²) >= 11 is 6.15. The maximum atomic E-state index is 10.9. The molecule has 0 amide bonds. The lowest BCUT2D eigenvalue weighted by molar-refractivity contribution is 0.0386. The van der Waals surface area contributed by atoms with Crippen LogP contribution in [0.4, 0.5) is 5.69 Å². The third-order valence-electron chi connectivity index (χ3n) is 4.75. The van der Waals surface area contributed by atoms with Gasteiger partial charge in [0.25, 0.3) is 0 Å². The zero-order valence-electron chi connectivity index (χ0n) is 14.4.